The Kier molecular flexibility index (Phi) is 3.39. The third-order valence-electron chi connectivity index (χ3n) is 3.79. The van der Waals surface area contributed by atoms with Crippen molar-refractivity contribution >= 4 is 16.7 Å². The summed E-state index contributed by atoms with van der Waals surface area (Å²) in [5, 5.41) is 10.6. The van der Waals surface area contributed by atoms with Gasteiger partial charge in [-0.25, -0.2) is 4.98 Å². The van der Waals surface area contributed by atoms with Crippen molar-refractivity contribution in [3.63, 3.8) is 0 Å². The maximum atomic E-state index is 10.6. The van der Waals surface area contributed by atoms with Crippen molar-refractivity contribution in [2.24, 2.45) is 7.05 Å². The standard InChI is InChI=1S/C17H19N3O/c1-19(2)13-10-8-12(9-11-13)16(21)17-18-14-6-4-5-7-15(14)20(17)3/h4-11,16,21H,1-3H3. The molecule has 0 bridgehead atoms. The van der Waals surface area contributed by atoms with Crippen molar-refractivity contribution in [3.05, 3.63) is 59.9 Å². The van der Waals surface area contributed by atoms with E-state index in [-0.39, 0.29) is 0 Å². The van der Waals surface area contributed by atoms with Crippen LogP contribution in [0.1, 0.15) is 17.5 Å². The Bertz CT molecular complexity index is 759. The summed E-state index contributed by atoms with van der Waals surface area (Å²) in [5.74, 6) is 0.661. The van der Waals surface area contributed by atoms with Gasteiger partial charge in [-0.3, -0.25) is 0 Å². The largest absolute Gasteiger partial charge is 0.380 e. The summed E-state index contributed by atoms with van der Waals surface area (Å²) in [7, 11) is 5.93. The highest BCUT2D eigenvalue weighted by Crippen LogP contribution is 2.26. The van der Waals surface area contributed by atoms with E-state index in [1.54, 1.807) is 0 Å². The van der Waals surface area contributed by atoms with E-state index in [0.29, 0.717) is 5.82 Å². The lowest BCUT2D eigenvalue weighted by molar-refractivity contribution is 0.207. The number of nitrogens with zero attached hydrogens (tertiary/aromatic N) is 3. The molecule has 21 heavy (non-hydrogen) atoms. The molecule has 0 radical (unpaired) electrons. The van der Waals surface area contributed by atoms with Crippen molar-refractivity contribution in [1.82, 2.24) is 9.55 Å². The Balaban J connectivity index is 1.99. The summed E-state index contributed by atoms with van der Waals surface area (Å²) >= 11 is 0. The van der Waals surface area contributed by atoms with Crippen LogP contribution < -0.4 is 4.90 Å². The van der Waals surface area contributed by atoms with Crippen LogP contribution in [0.25, 0.3) is 11.0 Å². The van der Waals surface area contributed by atoms with E-state index in [4.69, 9.17) is 0 Å². The molecule has 4 heteroatoms. The molecule has 2 aromatic carbocycles. The third kappa shape index (κ3) is 2.38. The number of imidazole rings is 1. The summed E-state index contributed by atoms with van der Waals surface area (Å²) in [5.41, 5.74) is 3.88. The highest BCUT2D eigenvalue weighted by atomic mass is 16.3. The van der Waals surface area contributed by atoms with Crippen LogP contribution in [0.2, 0.25) is 0 Å². The van der Waals surface area contributed by atoms with E-state index in [1.807, 2.05) is 79.1 Å². The van der Waals surface area contributed by atoms with Crippen molar-refractivity contribution < 1.29 is 5.11 Å². The van der Waals surface area contributed by atoms with Crippen LogP contribution in [0.3, 0.4) is 0 Å². The normalized spacial score (nSPS) is 12.6. The number of aryl methyl sites for hydroxylation is 1. The Morgan fingerprint density at radius 1 is 1.05 bits per heavy atom. The number of benzene rings is 2. The van der Waals surface area contributed by atoms with Crippen LogP contribution >= 0.6 is 0 Å². The van der Waals surface area contributed by atoms with E-state index in [1.165, 1.54) is 0 Å². The van der Waals surface area contributed by atoms with E-state index in [0.717, 1.165) is 22.3 Å². The average molecular weight is 281 g/mol. The zero-order valence-electron chi connectivity index (χ0n) is 12.5. The predicted octanol–water partition coefficient (Wildman–Crippen LogP) is 2.72. The Morgan fingerprint density at radius 3 is 2.33 bits per heavy atom. The number of hydrogen-bond donors (Lipinski definition) is 1. The van der Waals surface area contributed by atoms with Crippen LogP contribution in [0.4, 0.5) is 5.69 Å². The molecule has 0 spiro atoms. The highest BCUT2D eigenvalue weighted by molar-refractivity contribution is 5.76. The van der Waals surface area contributed by atoms with E-state index < -0.39 is 6.10 Å². The summed E-state index contributed by atoms with van der Waals surface area (Å²) in [4.78, 5) is 6.58. The van der Waals surface area contributed by atoms with E-state index in [2.05, 4.69) is 4.98 Å². The molecule has 3 rings (SSSR count). The van der Waals surface area contributed by atoms with Gasteiger partial charge in [-0.15, -0.1) is 0 Å². The van der Waals surface area contributed by atoms with Crippen molar-refractivity contribution in [2.75, 3.05) is 19.0 Å². The van der Waals surface area contributed by atoms with Gasteiger partial charge >= 0.3 is 0 Å². The molecule has 0 aliphatic carbocycles. The lowest BCUT2D eigenvalue weighted by Crippen LogP contribution is -2.10. The molecule has 108 valence electrons. The molecule has 1 heterocycles. The number of anilines is 1. The second kappa shape index (κ2) is 5.22. The van der Waals surface area contributed by atoms with Gasteiger partial charge in [0.05, 0.1) is 11.0 Å². The van der Waals surface area contributed by atoms with E-state index in [9.17, 15) is 5.11 Å². The van der Waals surface area contributed by atoms with Gasteiger partial charge in [0.25, 0.3) is 0 Å². The van der Waals surface area contributed by atoms with Crippen LogP contribution in [0.15, 0.2) is 48.5 Å². The van der Waals surface area contributed by atoms with E-state index >= 15 is 0 Å². The molecule has 3 aromatic rings. The minimum absolute atomic E-state index is 0.661. The van der Waals surface area contributed by atoms with Crippen LogP contribution in [0.5, 0.6) is 0 Å². The van der Waals surface area contributed by atoms with Gasteiger partial charge in [-0.1, -0.05) is 24.3 Å². The van der Waals surface area contributed by atoms with Crippen LogP contribution in [-0.2, 0) is 7.05 Å². The zero-order chi connectivity index (χ0) is 15.0. The summed E-state index contributed by atoms with van der Waals surface area (Å²) in [6, 6.07) is 15.8. The third-order valence-corrected chi connectivity index (χ3v) is 3.79. The average Bonchev–Trinajstić information content (AvgIpc) is 2.84. The molecule has 1 atom stereocenters. The maximum absolute atomic E-state index is 10.6. The molecule has 0 saturated heterocycles. The molecular weight excluding hydrogens is 262 g/mol. The van der Waals surface area contributed by atoms with Gasteiger partial charge in [0.1, 0.15) is 11.9 Å². The lowest BCUT2D eigenvalue weighted by Gasteiger charge is -2.15. The molecule has 0 aliphatic heterocycles. The number of para-hydroxylation sites is 2. The van der Waals surface area contributed by atoms with Gasteiger partial charge in [0.15, 0.2) is 0 Å². The smallest absolute Gasteiger partial charge is 0.143 e. The first-order valence-corrected chi connectivity index (χ1v) is 6.94. The molecule has 0 saturated carbocycles. The minimum Gasteiger partial charge on any atom is -0.380 e. The first-order chi connectivity index (χ1) is 10.1. The Morgan fingerprint density at radius 2 is 1.71 bits per heavy atom. The fraction of sp³-hybridized carbons (Fsp3) is 0.235. The molecule has 1 unspecified atom stereocenters. The molecule has 1 aromatic heterocycles. The molecule has 4 nitrogen and oxygen atoms in total. The number of aliphatic hydroxyl groups is 1. The van der Waals surface area contributed by atoms with Crippen LogP contribution in [-0.4, -0.2) is 28.8 Å². The van der Waals surface area contributed by atoms with Gasteiger partial charge in [-0.2, -0.15) is 0 Å². The fourth-order valence-corrected chi connectivity index (χ4v) is 2.51. The number of aliphatic hydroxyl groups excluding tert-OH is 1. The first kappa shape index (κ1) is 13.6. The van der Waals surface area contributed by atoms with Crippen LogP contribution in [0, 0.1) is 0 Å². The topological polar surface area (TPSA) is 41.3 Å². The molecule has 0 fully saturated rings. The number of hydrogen-bond acceptors (Lipinski definition) is 3. The Hall–Kier alpha value is -2.33. The first-order valence-electron chi connectivity index (χ1n) is 6.94. The van der Waals surface area contributed by atoms with Crippen molar-refractivity contribution in [1.29, 1.82) is 0 Å². The number of aromatic nitrogens is 2. The maximum Gasteiger partial charge on any atom is 0.143 e. The molecule has 0 amide bonds. The van der Waals surface area contributed by atoms with Gasteiger partial charge in [0, 0.05) is 26.8 Å². The molecular formula is C17H19N3O. The zero-order valence-corrected chi connectivity index (χ0v) is 12.5. The minimum atomic E-state index is -0.724. The van der Waals surface area contributed by atoms with Gasteiger partial charge < -0.3 is 14.6 Å². The quantitative estimate of drug-likeness (QED) is 0.802. The van der Waals surface area contributed by atoms with Crippen molar-refractivity contribution in [2.45, 2.75) is 6.10 Å². The SMILES string of the molecule is CN(C)c1ccc(C(O)c2nc3ccccc3n2C)cc1. The monoisotopic (exact) mass is 281 g/mol. The molecule has 0 aliphatic rings. The van der Waals surface area contributed by atoms with Gasteiger partial charge in [-0.05, 0) is 29.8 Å². The predicted molar refractivity (Wildman–Crippen MR) is 85.5 cm³/mol. The summed E-state index contributed by atoms with van der Waals surface area (Å²) in [6.45, 7) is 0. The summed E-state index contributed by atoms with van der Waals surface area (Å²) < 4.78 is 1.94. The molecule has 1 N–H and O–H groups in total. The number of rotatable bonds is 3. The highest BCUT2D eigenvalue weighted by Gasteiger charge is 2.17. The summed E-state index contributed by atoms with van der Waals surface area (Å²) in [6.07, 6.45) is -0.724. The second-order valence-electron chi connectivity index (χ2n) is 5.41. The Labute approximate surface area is 124 Å². The lowest BCUT2D eigenvalue weighted by atomic mass is 10.1. The van der Waals surface area contributed by atoms with Crippen molar-refractivity contribution in [3.8, 4) is 0 Å². The van der Waals surface area contributed by atoms with Gasteiger partial charge in [0.2, 0.25) is 0 Å². The second-order valence-corrected chi connectivity index (χ2v) is 5.41. The fourth-order valence-electron chi connectivity index (χ4n) is 2.51. The number of fused-ring (bicyclic) bond motifs is 1.